The molecule has 1 aliphatic rings. The van der Waals surface area contributed by atoms with Crippen molar-refractivity contribution < 1.29 is 14.3 Å². The van der Waals surface area contributed by atoms with E-state index < -0.39 is 0 Å². The third-order valence-corrected chi connectivity index (χ3v) is 4.53. The van der Waals surface area contributed by atoms with Crippen LogP contribution < -0.4 is 10.1 Å². The van der Waals surface area contributed by atoms with Gasteiger partial charge in [0.2, 0.25) is 0 Å². The summed E-state index contributed by atoms with van der Waals surface area (Å²) in [5, 5.41) is 2.87. The van der Waals surface area contributed by atoms with E-state index in [0.29, 0.717) is 16.8 Å². The van der Waals surface area contributed by atoms with E-state index in [0.717, 1.165) is 37.1 Å². The Bertz CT molecular complexity index is 841. The minimum absolute atomic E-state index is 0.226. The number of amides is 1. The predicted octanol–water partition coefficient (Wildman–Crippen LogP) is 3.48. The average Bonchev–Trinajstić information content (AvgIpc) is 2.68. The third-order valence-electron chi connectivity index (χ3n) is 4.53. The fraction of sp³-hybridized carbons (Fsp3) is 0.238. The van der Waals surface area contributed by atoms with Gasteiger partial charge in [0.1, 0.15) is 12.0 Å². The molecule has 1 amide bonds. The Hall–Kier alpha value is -2.92. The Morgan fingerprint density at radius 3 is 2.58 bits per heavy atom. The van der Waals surface area contributed by atoms with E-state index >= 15 is 0 Å². The normalized spacial score (nSPS) is 14.5. The van der Waals surface area contributed by atoms with Crippen LogP contribution in [-0.2, 0) is 0 Å². The molecule has 26 heavy (non-hydrogen) atoms. The molecule has 3 rings (SSSR count). The number of benzene rings is 2. The van der Waals surface area contributed by atoms with Crippen LogP contribution in [0.4, 0.5) is 5.69 Å². The molecule has 0 fully saturated rings. The van der Waals surface area contributed by atoms with Gasteiger partial charge in [-0.3, -0.25) is 9.59 Å². The van der Waals surface area contributed by atoms with Crippen molar-refractivity contribution in [2.75, 3.05) is 32.6 Å². The van der Waals surface area contributed by atoms with Crippen molar-refractivity contribution in [3.63, 3.8) is 0 Å². The minimum Gasteiger partial charge on any atom is -0.496 e. The van der Waals surface area contributed by atoms with Gasteiger partial charge in [0.25, 0.3) is 5.91 Å². The average molecular weight is 350 g/mol. The van der Waals surface area contributed by atoms with Gasteiger partial charge in [-0.05, 0) is 43.3 Å². The number of hydrogen-bond donors (Lipinski definition) is 1. The summed E-state index contributed by atoms with van der Waals surface area (Å²) >= 11 is 0. The van der Waals surface area contributed by atoms with Gasteiger partial charge >= 0.3 is 0 Å². The fourth-order valence-corrected chi connectivity index (χ4v) is 2.97. The summed E-state index contributed by atoms with van der Waals surface area (Å²) in [6.45, 7) is 1.94. The van der Waals surface area contributed by atoms with Gasteiger partial charge in [-0.2, -0.15) is 0 Å². The second-order valence-corrected chi connectivity index (χ2v) is 6.35. The zero-order chi connectivity index (χ0) is 18.5. The van der Waals surface area contributed by atoms with Crippen molar-refractivity contribution in [3.05, 3.63) is 65.2 Å². The Balaban J connectivity index is 1.78. The second-order valence-electron chi connectivity index (χ2n) is 6.35. The predicted molar refractivity (Wildman–Crippen MR) is 103 cm³/mol. The molecular weight excluding hydrogens is 328 g/mol. The smallest absolute Gasteiger partial charge is 0.255 e. The quantitative estimate of drug-likeness (QED) is 0.839. The highest BCUT2D eigenvalue weighted by molar-refractivity contribution is 6.04. The summed E-state index contributed by atoms with van der Waals surface area (Å²) in [7, 11) is 3.74. The zero-order valence-electron chi connectivity index (χ0n) is 15.0. The lowest BCUT2D eigenvalue weighted by atomic mass is 9.98. The van der Waals surface area contributed by atoms with Crippen LogP contribution in [-0.4, -0.2) is 44.3 Å². The number of carbonyl (C=O) groups excluding carboxylic acids is 2. The summed E-state index contributed by atoms with van der Waals surface area (Å²) in [6, 6.07) is 12.2. The summed E-state index contributed by atoms with van der Waals surface area (Å²) < 4.78 is 5.54. The molecule has 0 saturated carbocycles. The molecule has 1 N–H and O–H groups in total. The molecule has 0 unspecified atom stereocenters. The van der Waals surface area contributed by atoms with Crippen LogP contribution in [0.2, 0.25) is 0 Å². The van der Waals surface area contributed by atoms with Crippen LogP contribution in [0.5, 0.6) is 5.75 Å². The number of likely N-dealkylation sites (N-methyl/N-ethyl adjacent to an activating group) is 1. The topological polar surface area (TPSA) is 58.6 Å². The van der Waals surface area contributed by atoms with Crippen molar-refractivity contribution in [2.45, 2.75) is 6.42 Å². The van der Waals surface area contributed by atoms with Crippen molar-refractivity contribution in [1.29, 1.82) is 0 Å². The Morgan fingerprint density at radius 1 is 1.19 bits per heavy atom. The highest BCUT2D eigenvalue weighted by atomic mass is 16.5. The molecule has 0 spiro atoms. The van der Waals surface area contributed by atoms with Crippen LogP contribution >= 0.6 is 0 Å². The largest absolute Gasteiger partial charge is 0.496 e. The van der Waals surface area contributed by atoms with E-state index in [1.807, 2.05) is 18.2 Å². The number of aldehydes is 1. The van der Waals surface area contributed by atoms with E-state index in [1.54, 1.807) is 31.4 Å². The van der Waals surface area contributed by atoms with Gasteiger partial charge in [0, 0.05) is 41.5 Å². The van der Waals surface area contributed by atoms with E-state index in [-0.39, 0.29) is 5.91 Å². The van der Waals surface area contributed by atoms with Crippen LogP contribution in [0.3, 0.4) is 0 Å². The maximum Gasteiger partial charge on any atom is 0.255 e. The Labute approximate surface area is 153 Å². The van der Waals surface area contributed by atoms with E-state index in [1.165, 1.54) is 5.57 Å². The van der Waals surface area contributed by atoms with Gasteiger partial charge in [0.15, 0.2) is 0 Å². The van der Waals surface area contributed by atoms with Gasteiger partial charge in [-0.15, -0.1) is 0 Å². The van der Waals surface area contributed by atoms with Crippen molar-refractivity contribution in [2.24, 2.45) is 0 Å². The number of ether oxygens (including phenoxy) is 1. The van der Waals surface area contributed by atoms with Crippen LogP contribution in [0, 0.1) is 0 Å². The lowest BCUT2D eigenvalue weighted by Crippen LogP contribution is -2.23. The number of nitrogens with zero attached hydrogens (tertiary/aromatic N) is 1. The van der Waals surface area contributed by atoms with Crippen LogP contribution in [0.1, 0.15) is 32.7 Å². The van der Waals surface area contributed by atoms with Crippen molar-refractivity contribution in [1.82, 2.24) is 4.90 Å². The molecule has 5 heteroatoms. The molecule has 134 valence electrons. The maximum absolute atomic E-state index is 12.4. The fourth-order valence-electron chi connectivity index (χ4n) is 2.97. The molecule has 1 aliphatic heterocycles. The number of anilines is 1. The van der Waals surface area contributed by atoms with Crippen LogP contribution in [0.25, 0.3) is 5.57 Å². The number of methoxy groups -OCH3 is 1. The van der Waals surface area contributed by atoms with Gasteiger partial charge < -0.3 is 15.0 Å². The highest BCUT2D eigenvalue weighted by Gasteiger charge is 2.15. The molecule has 0 radical (unpaired) electrons. The summed E-state index contributed by atoms with van der Waals surface area (Å²) in [5.41, 5.74) is 4.04. The molecule has 0 atom stereocenters. The van der Waals surface area contributed by atoms with Crippen LogP contribution in [0.15, 0.2) is 48.5 Å². The van der Waals surface area contributed by atoms with Gasteiger partial charge in [-0.25, -0.2) is 0 Å². The number of hydrogen-bond acceptors (Lipinski definition) is 4. The summed E-state index contributed by atoms with van der Waals surface area (Å²) in [4.78, 5) is 25.4. The first-order valence-electron chi connectivity index (χ1n) is 8.53. The molecule has 1 heterocycles. The molecule has 0 aromatic heterocycles. The molecule has 2 aromatic carbocycles. The third kappa shape index (κ3) is 4.00. The molecular formula is C21H22N2O3. The van der Waals surface area contributed by atoms with Gasteiger partial charge in [-0.1, -0.05) is 18.2 Å². The minimum atomic E-state index is -0.226. The van der Waals surface area contributed by atoms with Gasteiger partial charge in [0.05, 0.1) is 7.11 Å². The number of nitrogens with one attached hydrogen (secondary N) is 1. The number of carbonyl (C=O) groups is 2. The highest BCUT2D eigenvalue weighted by Crippen LogP contribution is 2.32. The molecule has 0 aliphatic carbocycles. The number of rotatable bonds is 5. The van der Waals surface area contributed by atoms with Crippen molar-refractivity contribution in [3.8, 4) is 5.75 Å². The summed E-state index contributed by atoms with van der Waals surface area (Å²) in [5.74, 6) is 0.519. The first kappa shape index (κ1) is 17.9. The molecule has 5 nitrogen and oxygen atoms in total. The SMILES string of the molecule is COc1cc(NC(=O)c2ccc(C=O)cc2)ccc1C1=CCN(C)CC1. The van der Waals surface area contributed by atoms with E-state index in [9.17, 15) is 9.59 Å². The first-order chi connectivity index (χ1) is 12.6. The zero-order valence-corrected chi connectivity index (χ0v) is 15.0. The molecule has 2 aromatic rings. The first-order valence-corrected chi connectivity index (χ1v) is 8.53. The van der Waals surface area contributed by atoms with E-state index in [4.69, 9.17) is 4.74 Å². The standard InChI is InChI=1S/C21H22N2O3/c1-23-11-9-16(10-12-23)19-8-7-18(13-20(19)26-2)22-21(25)17-5-3-15(14-24)4-6-17/h3-9,13-14H,10-12H2,1-2H3,(H,22,25). The van der Waals surface area contributed by atoms with E-state index in [2.05, 4.69) is 23.3 Å². The Kier molecular flexibility index (Phi) is 5.49. The Morgan fingerprint density at radius 2 is 1.96 bits per heavy atom. The molecule has 0 saturated heterocycles. The lowest BCUT2D eigenvalue weighted by Gasteiger charge is -2.23. The maximum atomic E-state index is 12.4. The molecule has 0 bridgehead atoms. The lowest BCUT2D eigenvalue weighted by molar-refractivity contribution is 0.102. The van der Waals surface area contributed by atoms with Crippen molar-refractivity contribution >= 4 is 23.5 Å². The second kappa shape index (κ2) is 7.97. The monoisotopic (exact) mass is 350 g/mol. The summed E-state index contributed by atoms with van der Waals surface area (Å²) in [6.07, 6.45) is 3.94.